The minimum atomic E-state index is -0.157. The van der Waals surface area contributed by atoms with Gasteiger partial charge in [-0.15, -0.1) is 11.3 Å². The third-order valence-corrected chi connectivity index (χ3v) is 3.41. The summed E-state index contributed by atoms with van der Waals surface area (Å²) < 4.78 is 0. The van der Waals surface area contributed by atoms with Crippen LogP contribution in [0.15, 0.2) is 5.38 Å². The maximum atomic E-state index is 11.7. The van der Waals surface area contributed by atoms with Crippen molar-refractivity contribution in [3.8, 4) is 0 Å². The van der Waals surface area contributed by atoms with Crippen LogP contribution in [0, 0.1) is 0 Å². The average Bonchev–Trinajstić information content (AvgIpc) is 2.69. The first-order valence-corrected chi connectivity index (χ1v) is 7.04. The number of hydrogen-bond donors (Lipinski definition) is 2. The molecule has 1 rings (SSSR count). The number of anilines is 1. The van der Waals surface area contributed by atoms with Gasteiger partial charge in [-0.2, -0.15) is 0 Å². The maximum absolute atomic E-state index is 11.7. The number of nitrogens with zero attached hydrogens (tertiary/aromatic N) is 2. The number of amides is 1. The van der Waals surface area contributed by atoms with E-state index < -0.39 is 0 Å². The second kappa shape index (κ2) is 6.70. The molecule has 0 aromatic carbocycles. The van der Waals surface area contributed by atoms with Gasteiger partial charge >= 0.3 is 0 Å². The molecule has 0 radical (unpaired) electrons. The molecule has 0 saturated heterocycles. The van der Waals surface area contributed by atoms with Crippen LogP contribution in [0.3, 0.4) is 0 Å². The van der Waals surface area contributed by atoms with E-state index in [0.717, 1.165) is 6.54 Å². The quantitative estimate of drug-likeness (QED) is 0.823. The smallest absolute Gasteiger partial charge is 0.270 e. The molecule has 0 fully saturated rings. The number of thiazole rings is 1. The summed E-state index contributed by atoms with van der Waals surface area (Å²) in [6.07, 6.45) is 0. The van der Waals surface area contributed by atoms with Crippen molar-refractivity contribution in [1.29, 1.82) is 0 Å². The number of carbonyl (C=O) groups is 1. The predicted octanol–water partition coefficient (Wildman–Crippen LogP) is 1.57. The monoisotopic (exact) mass is 270 g/mol. The third kappa shape index (κ3) is 4.27. The fourth-order valence-corrected chi connectivity index (χ4v) is 2.44. The molecule has 0 atom stereocenters. The lowest BCUT2D eigenvalue weighted by atomic mass is 10.2. The zero-order chi connectivity index (χ0) is 13.7. The van der Waals surface area contributed by atoms with Crippen LogP contribution >= 0.6 is 11.3 Å². The first kappa shape index (κ1) is 14.9. The predicted molar refractivity (Wildman–Crippen MR) is 75.8 cm³/mol. The Labute approximate surface area is 112 Å². The first-order valence-electron chi connectivity index (χ1n) is 6.16. The van der Waals surface area contributed by atoms with Crippen molar-refractivity contribution in [2.24, 2.45) is 0 Å². The van der Waals surface area contributed by atoms with Gasteiger partial charge in [0, 0.05) is 30.6 Å². The van der Waals surface area contributed by atoms with Crippen molar-refractivity contribution < 1.29 is 4.79 Å². The van der Waals surface area contributed by atoms with Crippen molar-refractivity contribution in [3.05, 3.63) is 11.1 Å². The molecular formula is C12H22N4OS. The fourth-order valence-electron chi connectivity index (χ4n) is 1.89. The van der Waals surface area contributed by atoms with E-state index in [-0.39, 0.29) is 5.91 Å². The van der Waals surface area contributed by atoms with Gasteiger partial charge in [0.1, 0.15) is 5.69 Å². The van der Waals surface area contributed by atoms with Crippen LogP contribution in [0.2, 0.25) is 0 Å². The van der Waals surface area contributed by atoms with E-state index in [1.807, 2.05) is 0 Å². The van der Waals surface area contributed by atoms with Crippen LogP contribution < -0.4 is 11.1 Å². The molecule has 1 amide bonds. The fraction of sp³-hybridized carbons (Fsp3) is 0.667. The van der Waals surface area contributed by atoms with Crippen LogP contribution in [-0.2, 0) is 0 Å². The van der Waals surface area contributed by atoms with E-state index >= 15 is 0 Å². The number of nitrogens with one attached hydrogen (secondary N) is 1. The molecule has 0 aliphatic rings. The Morgan fingerprint density at radius 3 is 2.50 bits per heavy atom. The minimum Gasteiger partial charge on any atom is -0.375 e. The molecule has 0 spiro atoms. The molecule has 102 valence electrons. The molecule has 3 N–H and O–H groups in total. The summed E-state index contributed by atoms with van der Waals surface area (Å²) in [7, 11) is 0. The number of hydrogen-bond acceptors (Lipinski definition) is 5. The normalized spacial score (nSPS) is 11.5. The SMILES string of the molecule is CC(C)N(CCNC(=O)c1csc(N)n1)C(C)C. The lowest BCUT2D eigenvalue weighted by molar-refractivity contribution is 0.0935. The highest BCUT2D eigenvalue weighted by Gasteiger charge is 2.14. The highest BCUT2D eigenvalue weighted by molar-refractivity contribution is 7.13. The largest absolute Gasteiger partial charge is 0.375 e. The molecular weight excluding hydrogens is 248 g/mol. The highest BCUT2D eigenvalue weighted by atomic mass is 32.1. The van der Waals surface area contributed by atoms with Crippen LogP contribution in [0.5, 0.6) is 0 Å². The van der Waals surface area contributed by atoms with Crippen molar-refractivity contribution in [3.63, 3.8) is 0 Å². The van der Waals surface area contributed by atoms with Crippen molar-refractivity contribution in [2.75, 3.05) is 18.8 Å². The molecule has 0 unspecified atom stereocenters. The van der Waals surface area contributed by atoms with Crippen molar-refractivity contribution in [2.45, 2.75) is 39.8 Å². The van der Waals surface area contributed by atoms with Gasteiger partial charge in [-0.25, -0.2) is 4.98 Å². The van der Waals surface area contributed by atoms with Crippen molar-refractivity contribution in [1.82, 2.24) is 15.2 Å². The zero-order valence-corrected chi connectivity index (χ0v) is 12.3. The molecule has 0 bridgehead atoms. The summed E-state index contributed by atoms with van der Waals surface area (Å²) in [4.78, 5) is 18.0. The molecule has 0 aliphatic carbocycles. The summed E-state index contributed by atoms with van der Waals surface area (Å²) >= 11 is 1.28. The molecule has 0 saturated carbocycles. The van der Waals surface area contributed by atoms with Gasteiger partial charge in [0.15, 0.2) is 5.13 Å². The minimum absolute atomic E-state index is 0.157. The molecule has 1 aromatic rings. The standard InChI is InChI=1S/C12H22N4OS/c1-8(2)16(9(3)4)6-5-14-11(17)10-7-18-12(13)15-10/h7-9H,5-6H2,1-4H3,(H2,13,15)(H,14,17). The van der Waals surface area contributed by atoms with Gasteiger partial charge in [0.25, 0.3) is 5.91 Å². The Morgan fingerprint density at radius 1 is 1.44 bits per heavy atom. The van der Waals surface area contributed by atoms with E-state index in [4.69, 9.17) is 5.73 Å². The summed E-state index contributed by atoms with van der Waals surface area (Å²) in [6.45, 7) is 10.1. The Balaban J connectivity index is 2.39. The van der Waals surface area contributed by atoms with E-state index in [2.05, 4.69) is 42.9 Å². The van der Waals surface area contributed by atoms with Gasteiger partial charge < -0.3 is 11.1 Å². The third-order valence-electron chi connectivity index (χ3n) is 2.74. The molecule has 1 aromatic heterocycles. The Kier molecular flexibility index (Phi) is 5.55. The summed E-state index contributed by atoms with van der Waals surface area (Å²) in [5.74, 6) is -0.157. The molecule has 6 heteroatoms. The number of nitrogens with two attached hydrogens (primary N) is 1. The van der Waals surface area contributed by atoms with Crippen LogP contribution in [0.4, 0.5) is 5.13 Å². The topological polar surface area (TPSA) is 71.2 Å². The van der Waals surface area contributed by atoms with E-state index in [9.17, 15) is 4.79 Å². The van der Waals surface area contributed by atoms with Crippen LogP contribution in [0.25, 0.3) is 0 Å². The molecule has 5 nitrogen and oxygen atoms in total. The zero-order valence-electron chi connectivity index (χ0n) is 11.4. The van der Waals surface area contributed by atoms with E-state index in [0.29, 0.717) is 29.5 Å². The summed E-state index contributed by atoms with van der Waals surface area (Å²) in [6, 6.07) is 0.939. The lowest BCUT2D eigenvalue weighted by Gasteiger charge is -2.30. The Hall–Kier alpha value is -1.14. The maximum Gasteiger partial charge on any atom is 0.270 e. The van der Waals surface area contributed by atoms with Gasteiger partial charge in [-0.05, 0) is 27.7 Å². The second-order valence-electron chi connectivity index (χ2n) is 4.75. The second-order valence-corrected chi connectivity index (χ2v) is 5.64. The van der Waals surface area contributed by atoms with Gasteiger partial charge in [-0.3, -0.25) is 9.69 Å². The number of rotatable bonds is 6. The Morgan fingerprint density at radius 2 is 2.06 bits per heavy atom. The molecule has 1 heterocycles. The lowest BCUT2D eigenvalue weighted by Crippen LogP contribution is -2.42. The number of carbonyl (C=O) groups excluding carboxylic acids is 1. The van der Waals surface area contributed by atoms with Gasteiger partial charge in [-0.1, -0.05) is 0 Å². The van der Waals surface area contributed by atoms with Crippen molar-refractivity contribution >= 4 is 22.4 Å². The van der Waals surface area contributed by atoms with Gasteiger partial charge in [0.2, 0.25) is 0 Å². The van der Waals surface area contributed by atoms with Crippen LogP contribution in [0.1, 0.15) is 38.2 Å². The number of aromatic nitrogens is 1. The van der Waals surface area contributed by atoms with Gasteiger partial charge in [0.05, 0.1) is 0 Å². The first-order chi connectivity index (χ1) is 8.41. The summed E-state index contributed by atoms with van der Waals surface area (Å²) in [5.41, 5.74) is 5.89. The highest BCUT2D eigenvalue weighted by Crippen LogP contribution is 2.10. The molecule has 0 aliphatic heterocycles. The average molecular weight is 270 g/mol. The molecule has 18 heavy (non-hydrogen) atoms. The summed E-state index contributed by atoms with van der Waals surface area (Å²) in [5, 5.41) is 4.96. The Bertz CT molecular complexity index is 381. The van der Waals surface area contributed by atoms with Crippen LogP contribution in [-0.4, -0.2) is 41.0 Å². The van der Waals surface area contributed by atoms with E-state index in [1.165, 1.54) is 11.3 Å². The van der Waals surface area contributed by atoms with E-state index in [1.54, 1.807) is 5.38 Å². The number of nitrogen functional groups attached to an aromatic ring is 1.